The van der Waals surface area contributed by atoms with Crippen LogP contribution in [0.5, 0.6) is 0 Å². The second-order valence-electron chi connectivity index (χ2n) is 8.49. The summed E-state index contributed by atoms with van der Waals surface area (Å²) in [6.45, 7) is 4.91. The Morgan fingerprint density at radius 3 is 2.61 bits per heavy atom. The van der Waals surface area contributed by atoms with Gasteiger partial charge in [0, 0.05) is 49.0 Å². The molecule has 8 heteroatoms. The standard InChI is InChI=1S/C23H27N5O2S/c1-16-24-14-19(31-16)13-22(29)27-10-8-26(9-11-27)18-6-7-20-21(12-18)25-15-28(23(20)30)17-4-2-3-5-17/h6-7,12,14-15,17H,2-5,8-11,13H2,1H3. The zero-order chi connectivity index (χ0) is 21.4. The third kappa shape index (κ3) is 4.08. The number of nitrogens with zero attached hydrogens (tertiary/aromatic N) is 5. The van der Waals surface area contributed by atoms with Crippen molar-refractivity contribution in [2.24, 2.45) is 0 Å². The van der Waals surface area contributed by atoms with Crippen molar-refractivity contribution in [1.82, 2.24) is 19.4 Å². The molecule has 1 saturated heterocycles. The highest BCUT2D eigenvalue weighted by Crippen LogP contribution is 2.28. The summed E-state index contributed by atoms with van der Waals surface area (Å²) in [5, 5.41) is 1.68. The molecule has 0 spiro atoms. The van der Waals surface area contributed by atoms with Crippen molar-refractivity contribution in [2.75, 3.05) is 31.1 Å². The lowest BCUT2D eigenvalue weighted by molar-refractivity contribution is -0.130. The zero-order valence-electron chi connectivity index (χ0n) is 17.8. The highest BCUT2D eigenvalue weighted by Gasteiger charge is 2.23. The van der Waals surface area contributed by atoms with Gasteiger partial charge in [-0.2, -0.15) is 0 Å². The van der Waals surface area contributed by atoms with Crippen LogP contribution in [-0.2, 0) is 11.2 Å². The zero-order valence-corrected chi connectivity index (χ0v) is 18.6. The summed E-state index contributed by atoms with van der Waals surface area (Å²) < 4.78 is 1.82. The molecular weight excluding hydrogens is 410 g/mol. The predicted molar refractivity (Wildman–Crippen MR) is 123 cm³/mol. The van der Waals surface area contributed by atoms with Crippen LogP contribution in [0.15, 0.2) is 35.5 Å². The highest BCUT2D eigenvalue weighted by molar-refractivity contribution is 7.11. The Labute approximate surface area is 185 Å². The maximum Gasteiger partial charge on any atom is 0.261 e. The first-order chi connectivity index (χ1) is 15.1. The van der Waals surface area contributed by atoms with Crippen LogP contribution in [0.3, 0.4) is 0 Å². The maximum atomic E-state index is 12.9. The number of rotatable bonds is 4. The Kier molecular flexibility index (Phi) is 5.48. The summed E-state index contributed by atoms with van der Waals surface area (Å²) in [4.78, 5) is 39.6. The van der Waals surface area contributed by atoms with Crippen LogP contribution >= 0.6 is 11.3 Å². The lowest BCUT2D eigenvalue weighted by Gasteiger charge is -2.36. The van der Waals surface area contributed by atoms with E-state index in [9.17, 15) is 9.59 Å². The number of anilines is 1. The van der Waals surface area contributed by atoms with E-state index >= 15 is 0 Å². The van der Waals surface area contributed by atoms with E-state index in [0.717, 1.165) is 47.0 Å². The highest BCUT2D eigenvalue weighted by atomic mass is 32.1. The van der Waals surface area contributed by atoms with Crippen molar-refractivity contribution >= 4 is 33.8 Å². The van der Waals surface area contributed by atoms with Crippen molar-refractivity contribution in [3.8, 4) is 0 Å². The van der Waals surface area contributed by atoms with Gasteiger partial charge >= 0.3 is 0 Å². The molecule has 1 amide bonds. The normalized spacial score (nSPS) is 17.6. The fourth-order valence-corrected chi connectivity index (χ4v) is 5.51. The second-order valence-corrected chi connectivity index (χ2v) is 9.81. The molecule has 1 aromatic carbocycles. The van der Waals surface area contributed by atoms with Gasteiger partial charge in [0.15, 0.2) is 0 Å². The Bertz CT molecular complexity index is 1160. The van der Waals surface area contributed by atoms with Crippen molar-refractivity contribution in [3.05, 3.63) is 51.0 Å². The Morgan fingerprint density at radius 1 is 1.13 bits per heavy atom. The predicted octanol–water partition coefficient (Wildman–Crippen LogP) is 3.17. The minimum atomic E-state index is 0.0668. The van der Waals surface area contributed by atoms with E-state index in [2.05, 4.69) is 14.9 Å². The SMILES string of the molecule is Cc1ncc(CC(=O)N2CCN(c3ccc4c(=O)n(C5CCCC5)cnc4c3)CC2)s1. The van der Waals surface area contributed by atoms with Gasteiger partial charge in [0.2, 0.25) is 5.91 Å². The van der Waals surface area contributed by atoms with Gasteiger partial charge in [-0.3, -0.25) is 14.2 Å². The largest absolute Gasteiger partial charge is 0.368 e. The number of carbonyl (C=O) groups excluding carboxylic acids is 1. The molecule has 0 atom stereocenters. The van der Waals surface area contributed by atoms with Crippen LogP contribution < -0.4 is 10.5 Å². The van der Waals surface area contributed by atoms with Crippen LogP contribution in [-0.4, -0.2) is 51.5 Å². The van der Waals surface area contributed by atoms with Crippen LogP contribution in [0.4, 0.5) is 5.69 Å². The fraction of sp³-hybridized carbons (Fsp3) is 0.478. The average Bonchev–Trinajstić information content (AvgIpc) is 3.46. The smallest absolute Gasteiger partial charge is 0.261 e. The molecule has 7 nitrogen and oxygen atoms in total. The number of aromatic nitrogens is 3. The number of aryl methyl sites for hydroxylation is 1. The molecule has 2 aromatic heterocycles. The lowest BCUT2D eigenvalue weighted by Crippen LogP contribution is -2.49. The third-order valence-electron chi connectivity index (χ3n) is 6.48. The quantitative estimate of drug-likeness (QED) is 0.627. The first kappa shape index (κ1) is 20.2. The molecule has 0 N–H and O–H groups in total. The monoisotopic (exact) mass is 437 g/mol. The summed E-state index contributed by atoms with van der Waals surface area (Å²) >= 11 is 1.59. The van der Waals surface area contributed by atoms with E-state index in [-0.39, 0.29) is 11.5 Å². The van der Waals surface area contributed by atoms with Crippen molar-refractivity contribution in [2.45, 2.75) is 45.1 Å². The molecule has 31 heavy (non-hydrogen) atoms. The molecule has 0 unspecified atom stereocenters. The average molecular weight is 438 g/mol. The first-order valence-corrected chi connectivity index (χ1v) is 11.8. The van der Waals surface area contributed by atoms with E-state index in [1.165, 1.54) is 12.8 Å². The molecule has 1 aliphatic carbocycles. The molecule has 1 aliphatic heterocycles. The Hall–Kier alpha value is -2.74. The summed E-state index contributed by atoms with van der Waals surface area (Å²) in [5.41, 5.74) is 1.87. The van der Waals surface area contributed by atoms with Gasteiger partial charge in [-0.05, 0) is 38.0 Å². The molecular formula is C23H27N5O2S. The van der Waals surface area contributed by atoms with Crippen LogP contribution in [0.2, 0.25) is 0 Å². The molecule has 1 saturated carbocycles. The third-order valence-corrected chi connectivity index (χ3v) is 7.39. The number of hydrogen-bond acceptors (Lipinski definition) is 6. The fourth-order valence-electron chi connectivity index (χ4n) is 4.72. The van der Waals surface area contributed by atoms with E-state index in [1.54, 1.807) is 23.9 Å². The molecule has 162 valence electrons. The van der Waals surface area contributed by atoms with Gasteiger partial charge in [0.1, 0.15) is 0 Å². The Morgan fingerprint density at radius 2 is 1.90 bits per heavy atom. The molecule has 5 rings (SSSR count). The molecule has 0 radical (unpaired) electrons. The van der Waals surface area contributed by atoms with Crippen LogP contribution in [0.25, 0.3) is 10.9 Å². The van der Waals surface area contributed by atoms with E-state index in [1.807, 2.05) is 34.6 Å². The Balaban J connectivity index is 1.26. The molecule has 2 fully saturated rings. The van der Waals surface area contributed by atoms with Gasteiger partial charge in [-0.25, -0.2) is 9.97 Å². The molecule has 3 heterocycles. The second kappa shape index (κ2) is 8.42. The molecule has 3 aromatic rings. The number of piperazine rings is 1. The van der Waals surface area contributed by atoms with E-state index in [4.69, 9.17) is 0 Å². The van der Waals surface area contributed by atoms with Gasteiger partial charge in [-0.1, -0.05) is 12.8 Å². The summed E-state index contributed by atoms with van der Waals surface area (Å²) in [6.07, 6.45) is 8.46. The number of benzene rings is 1. The summed E-state index contributed by atoms with van der Waals surface area (Å²) in [6, 6.07) is 6.23. The van der Waals surface area contributed by atoms with Gasteiger partial charge in [-0.15, -0.1) is 11.3 Å². The van der Waals surface area contributed by atoms with Crippen LogP contribution in [0, 0.1) is 6.92 Å². The van der Waals surface area contributed by atoms with E-state index < -0.39 is 0 Å². The maximum absolute atomic E-state index is 12.9. The number of fused-ring (bicyclic) bond motifs is 1. The molecule has 2 aliphatic rings. The number of carbonyl (C=O) groups is 1. The summed E-state index contributed by atoms with van der Waals surface area (Å²) in [5.74, 6) is 0.163. The number of hydrogen-bond donors (Lipinski definition) is 0. The number of thiazole rings is 1. The van der Waals surface area contributed by atoms with Crippen molar-refractivity contribution in [1.29, 1.82) is 0 Å². The van der Waals surface area contributed by atoms with E-state index in [0.29, 0.717) is 30.9 Å². The van der Waals surface area contributed by atoms with Gasteiger partial charge in [0.25, 0.3) is 5.56 Å². The van der Waals surface area contributed by atoms with Crippen molar-refractivity contribution < 1.29 is 4.79 Å². The number of amides is 1. The molecule has 0 bridgehead atoms. The summed E-state index contributed by atoms with van der Waals surface area (Å²) in [7, 11) is 0. The van der Waals surface area contributed by atoms with Gasteiger partial charge < -0.3 is 9.80 Å². The first-order valence-electron chi connectivity index (χ1n) is 11.0. The minimum Gasteiger partial charge on any atom is -0.368 e. The van der Waals surface area contributed by atoms with Crippen molar-refractivity contribution in [3.63, 3.8) is 0 Å². The van der Waals surface area contributed by atoms with Crippen LogP contribution in [0.1, 0.15) is 41.6 Å². The lowest BCUT2D eigenvalue weighted by atomic mass is 10.1. The minimum absolute atomic E-state index is 0.0668. The van der Waals surface area contributed by atoms with Gasteiger partial charge in [0.05, 0.1) is 28.7 Å². The topological polar surface area (TPSA) is 71.3 Å².